The quantitative estimate of drug-likeness (QED) is 0.166. The predicted molar refractivity (Wildman–Crippen MR) is 151 cm³/mol. The van der Waals surface area contributed by atoms with Gasteiger partial charge in [0.1, 0.15) is 24.1 Å². The van der Waals surface area contributed by atoms with Gasteiger partial charge in [0.15, 0.2) is 0 Å². The van der Waals surface area contributed by atoms with Crippen LogP contribution < -0.4 is 4.74 Å². The molecule has 1 saturated heterocycles. The van der Waals surface area contributed by atoms with Crippen LogP contribution >= 0.6 is 0 Å². The van der Waals surface area contributed by atoms with Crippen LogP contribution in [0.15, 0.2) is 70.5 Å². The van der Waals surface area contributed by atoms with Crippen LogP contribution in [-0.2, 0) is 20.7 Å². The number of benzene rings is 1. The number of carbonyl (C=O) groups excluding carboxylic acids is 1. The van der Waals surface area contributed by atoms with Gasteiger partial charge in [-0.15, -0.1) is 5.73 Å². The molecule has 0 saturated carbocycles. The maximum atomic E-state index is 11.2. The second-order valence-corrected chi connectivity index (χ2v) is 10.7. The first-order valence-corrected chi connectivity index (χ1v) is 13.7. The van der Waals surface area contributed by atoms with E-state index in [0.29, 0.717) is 6.61 Å². The van der Waals surface area contributed by atoms with E-state index in [0.717, 1.165) is 54.7 Å². The van der Waals surface area contributed by atoms with Gasteiger partial charge in [-0.1, -0.05) is 39.0 Å². The summed E-state index contributed by atoms with van der Waals surface area (Å²) < 4.78 is 16.8. The molecular weight excluding hydrogens is 460 g/mol. The van der Waals surface area contributed by atoms with Gasteiger partial charge in [0, 0.05) is 12.5 Å². The third kappa shape index (κ3) is 7.37. The maximum absolute atomic E-state index is 11.2. The third-order valence-corrected chi connectivity index (χ3v) is 7.74. The molecular formula is C33H44O4. The molecule has 0 amide bonds. The van der Waals surface area contributed by atoms with Gasteiger partial charge in [-0.05, 0) is 111 Å². The summed E-state index contributed by atoms with van der Waals surface area (Å²) in [6.07, 6.45) is 12.9. The molecule has 0 N–H and O–H groups in total. The lowest BCUT2D eigenvalue weighted by Crippen LogP contribution is -2.24. The van der Waals surface area contributed by atoms with E-state index in [1.54, 1.807) is 0 Å². The highest BCUT2D eigenvalue weighted by Crippen LogP contribution is 2.42. The number of rotatable bonds is 12. The molecule has 1 heterocycles. The number of aryl methyl sites for hydroxylation is 1. The summed E-state index contributed by atoms with van der Waals surface area (Å²) in [5.74, 6) is 0.537. The molecule has 37 heavy (non-hydrogen) atoms. The Bertz CT molecular complexity index is 1150. The van der Waals surface area contributed by atoms with Crippen LogP contribution in [0.25, 0.3) is 0 Å². The van der Waals surface area contributed by atoms with E-state index in [1.165, 1.54) is 23.6 Å². The lowest BCUT2D eigenvalue weighted by Gasteiger charge is -2.34. The first-order chi connectivity index (χ1) is 17.5. The van der Waals surface area contributed by atoms with Crippen molar-refractivity contribution in [2.24, 2.45) is 5.41 Å². The first kappa shape index (κ1) is 28.8. The molecule has 1 aromatic rings. The summed E-state index contributed by atoms with van der Waals surface area (Å²) in [4.78, 5) is 11.2. The Hall–Kier alpha value is -2.81. The van der Waals surface area contributed by atoms with Gasteiger partial charge in [0.2, 0.25) is 0 Å². The molecule has 1 aromatic carbocycles. The van der Waals surface area contributed by atoms with Crippen LogP contribution in [-0.4, -0.2) is 30.9 Å². The van der Waals surface area contributed by atoms with Crippen molar-refractivity contribution in [1.82, 2.24) is 0 Å². The van der Waals surface area contributed by atoms with Crippen molar-refractivity contribution >= 4 is 5.97 Å². The number of carbonyl (C=O) groups is 1. The average molecular weight is 505 g/mol. The number of ether oxygens (including phenoxy) is 3. The molecule has 3 rings (SSSR count). The Morgan fingerprint density at radius 3 is 2.46 bits per heavy atom. The van der Waals surface area contributed by atoms with Gasteiger partial charge in [0.25, 0.3) is 0 Å². The van der Waals surface area contributed by atoms with E-state index < -0.39 is 0 Å². The normalized spacial score (nSPS) is 20.4. The van der Waals surface area contributed by atoms with E-state index in [4.69, 9.17) is 14.2 Å². The van der Waals surface area contributed by atoms with Gasteiger partial charge in [0.05, 0.1) is 6.61 Å². The van der Waals surface area contributed by atoms with E-state index in [1.807, 2.05) is 13.0 Å². The van der Waals surface area contributed by atoms with Crippen molar-refractivity contribution in [2.75, 3.05) is 13.2 Å². The molecule has 0 radical (unpaired) electrons. The van der Waals surface area contributed by atoms with Crippen molar-refractivity contribution in [3.05, 3.63) is 81.7 Å². The Morgan fingerprint density at radius 1 is 1.19 bits per heavy atom. The van der Waals surface area contributed by atoms with Crippen molar-refractivity contribution in [3.63, 3.8) is 0 Å². The SMILES string of the molecule is CCC1(/C=C(\C)C2=C=C(C)C=C(C(CC)(CC)Cc3ccc(OCC(C)OC(C)=O)c(C)c3)C=C2)CO1. The minimum Gasteiger partial charge on any atom is -0.489 e. The maximum Gasteiger partial charge on any atom is 0.303 e. The van der Waals surface area contributed by atoms with Crippen LogP contribution in [0.3, 0.4) is 0 Å². The highest BCUT2D eigenvalue weighted by molar-refractivity contribution is 5.66. The monoisotopic (exact) mass is 504 g/mol. The largest absolute Gasteiger partial charge is 0.489 e. The summed E-state index contributed by atoms with van der Waals surface area (Å²) in [5, 5.41) is 0. The van der Waals surface area contributed by atoms with Crippen molar-refractivity contribution < 1.29 is 19.0 Å². The molecule has 0 spiro atoms. The molecule has 1 aliphatic carbocycles. The number of hydrogen-bond donors (Lipinski definition) is 0. The Labute approximate surface area is 223 Å². The Balaban J connectivity index is 1.79. The number of esters is 1. The molecule has 0 aromatic heterocycles. The van der Waals surface area contributed by atoms with E-state index in [2.05, 4.69) is 83.7 Å². The summed E-state index contributed by atoms with van der Waals surface area (Å²) in [5.41, 5.74) is 10.8. The number of epoxide rings is 1. The molecule has 1 aliphatic heterocycles. The second-order valence-electron chi connectivity index (χ2n) is 10.7. The van der Waals surface area contributed by atoms with Gasteiger partial charge < -0.3 is 14.2 Å². The highest BCUT2D eigenvalue weighted by Gasteiger charge is 2.40. The average Bonchev–Trinajstić information content (AvgIpc) is 3.65. The van der Waals surface area contributed by atoms with E-state index >= 15 is 0 Å². The fourth-order valence-corrected chi connectivity index (χ4v) is 5.17. The van der Waals surface area contributed by atoms with E-state index in [-0.39, 0.29) is 23.1 Å². The minimum absolute atomic E-state index is 0.0232. The predicted octanol–water partition coefficient (Wildman–Crippen LogP) is 7.77. The van der Waals surface area contributed by atoms with Crippen LogP contribution in [0.2, 0.25) is 0 Å². The van der Waals surface area contributed by atoms with Crippen LogP contribution in [0.5, 0.6) is 5.75 Å². The topological polar surface area (TPSA) is 48.1 Å². The lowest BCUT2D eigenvalue weighted by molar-refractivity contribution is -0.146. The summed E-state index contributed by atoms with van der Waals surface area (Å²) in [6, 6.07) is 6.44. The van der Waals surface area contributed by atoms with Gasteiger partial charge in [-0.25, -0.2) is 0 Å². The molecule has 1 fully saturated rings. The second kappa shape index (κ2) is 12.2. The fourth-order valence-electron chi connectivity index (χ4n) is 5.17. The molecule has 0 bridgehead atoms. The van der Waals surface area contributed by atoms with E-state index in [9.17, 15) is 4.79 Å². The summed E-state index contributed by atoms with van der Waals surface area (Å²) >= 11 is 0. The van der Waals surface area contributed by atoms with Crippen LogP contribution in [0.1, 0.15) is 78.9 Å². The van der Waals surface area contributed by atoms with Crippen molar-refractivity contribution in [1.29, 1.82) is 0 Å². The smallest absolute Gasteiger partial charge is 0.303 e. The van der Waals surface area contributed by atoms with Gasteiger partial charge in [-0.2, -0.15) is 0 Å². The van der Waals surface area contributed by atoms with Gasteiger partial charge in [-0.3, -0.25) is 4.79 Å². The third-order valence-electron chi connectivity index (χ3n) is 7.74. The van der Waals surface area contributed by atoms with Crippen molar-refractivity contribution in [2.45, 2.75) is 92.8 Å². The zero-order valence-corrected chi connectivity index (χ0v) is 24.0. The number of hydrogen-bond acceptors (Lipinski definition) is 4. The lowest BCUT2D eigenvalue weighted by atomic mass is 9.70. The first-order valence-electron chi connectivity index (χ1n) is 13.7. The zero-order chi connectivity index (χ0) is 27.2. The summed E-state index contributed by atoms with van der Waals surface area (Å²) in [6.45, 7) is 17.5. The van der Waals surface area contributed by atoms with Crippen LogP contribution in [0, 0.1) is 12.3 Å². The highest BCUT2D eigenvalue weighted by atomic mass is 16.6. The molecule has 4 heteroatoms. The molecule has 4 nitrogen and oxygen atoms in total. The minimum atomic E-state index is -0.291. The molecule has 2 aliphatic rings. The standard InChI is InChI=1S/C33H44O4/c1-9-32(10-2,20-28-12-15-31(24(5)18-28)35-21-26(7)37-27(8)34)30-14-13-29(16-23(4)17-30)25(6)19-33(11-3)22-36-33/h12-15,17-19,26H,9-11,20-22H2,1-8H3/b25-19+. The molecule has 2 unspecified atom stereocenters. The van der Waals surface area contributed by atoms with Gasteiger partial charge >= 0.3 is 5.97 Å². The molecule has 200 valence electrons. The Kier molecular flexibility index (Phi) is 9.45. The zero-order valence-electron chi connectivity index (χ0n) is 24.0. The number of allylic oxidation sites excluding steroid dienone is 6. The van der Waals surface area contributed by atoms with Crippen LogP contribution in [0.4, 0.5) is 0 Å². The molecule has 2 atom stereocenters. The summed E-state index contributed by atoms with van der Waals surface area (Å²) in [7, 11) is 0. The van der Waals surface area contributed by atoms with Crippen molar-refractivity contribution in [3.8, 4) is 5.75 Å². The fraction of sp³-hybridized carbons (Fsp3) is 0.515. The Morgan fingerprint density at radius 2 is 1.89 bits per heavy atom.